The van der Waals surface area contributed by atoms with E-state index in [1.807, 2.05) is 44.2 Å². The zero-order chi connectivity index (χ0) is 14.4. The molecule has 0 saturated heterocycles. The lowest BCUT2D eigenvalue weighted by atomic mass is 10.1. The Morgan fingerprint density at radius 1 is 1.25 bits per heavy atom. The van der Waals surface area contributed by atoms with Gasteiger partial charge in [-0.3, -0.25) is 4.79 Å². The lowest BCUT2D eigenvalue weighted by molar-refractivity contribution is 0.0958. The van der Waals surface area contributed by atoms with Gasteiger partial charge in [0.1, 0.15) is 4.88 Å². The topological polar surface area (TPSA) is 54.0 Å². The first kappa shape index (κ1) is 14.7. The third-order valence-electron chi connectivity index (χ3n) is 2.82. The van der Waals surface area contributed by atoms with E-state index in [2.05, 4.69) is 15.6 Å². The molecule has 106 valence electrons. The van der Waals surface area contributed by atoms with Gasteiger partial charge in [0.05, 0.1) is 10.7 Å². The number of carbonyl (C=O) groups is 1. The van der Waals surface area contributed by atoms with Gasteiger partial charge >= 0.3 is 0 Å². The molecule has 0 bridgehead atoms. The maximum atomic E-state index is 12.2. The van der Waals surface area contributed by atoms with E-state index in [1.165, 1.54) is 11.3 Å². The Morgan fingerprint density at radius 2 is 2.00 bits per heavy atom. The van der Waals surface area contributed by atoms with Gasteiger partial charge < -0.3 is 10.6 Å². The van der Waals surface area contributed by atoms with Crippen molar-refractivity contribution < 1.29 is 4.79 Å². The lowest BCUT2D eigenvalue weighted by Crippen LogP contribution is -2.31. The molecular formula is C15H19N3OS. The summed E-state index contributed by atoms with van der Waals surface area (Å²) in [6.07, 6.45) is 0. The average molecular weight is 289 g/mol. The van der Waals surface area contributed by atoms with Crippen molar-refractivity contribution >= 4 is 17.2 Å². The normalized spacial score (nSPS) is 10.5. The molecule has 2 N–H and O–H groups in total. The van der Waals surface area contributed by atoms with Crippen LogP contribution in [0.3, 0.4) is 0 Å². The van der Waals surface area contributed by atoms with Crippen LogP contribution in [-0.4, -0.2) is 30.5 Å². The first-order chi connectivity index (χ1) is 9.72. The van der Waals surface area contributed by atoms with Crippen molar-refractivity contribution in [1.29, 1.82) is 0 Å². The van der Waals surface area contributed by atoms with Gasteiger partial charge in [0, 0.05) is 18.7 Å². The number of aromatic nitrogens is 1. The third-order valence-corrected chi connectivity index (χ3v) is 3.79. The van der Waals surface area contributed by atoms with Crippen LogP contribution in [0.2, 0.25) is 0 Å². The standard InChI is InChI=1S/C15H19N3OS/c1-3-16-9-10-17-15(19)14-13(18-11(2)20-14)12-7-5-4-6-8-12/h4-8,16H,3,9-10H2,1-2H3,(H,17,19). The molecule has 1 amide bonds. The molecule has 2 rings (SSSR count). The molecule has 0 unspecified atom stereocenters. The van der Waals surface area contributed by atoms with E-state index < -0.39 is 0 Å². The van der Waals surface area contributed by atoms with E-state index >= 15 is 0 Å². The molecule has 0 radical (unpaired) electrons. The predicted molar refractivity (Wildman–Crippen MR) is 83.2 cm³/mol. The number of hydrogen-bond acceptors (Lipinski definition) is 4. The molecule has 1 heterocycles. The monoisotopic (exact) mass is 289 g/mol. The summed E-state index contributed by atoms with van der Waals surface area (Å²) in [6.45, 7) is 6.28. The van der Waals surface area contributed by atoms with Gasteiger partial charge in [-0.2, -0.15) is 0 Å². The van der Waals surface area contributed by atoms with Crippen molar-refractivity contribution in [3.05, 3.63) is 40.2 Å². The summed E-state index contributed by atoms with van der Waals surface area (Å²) in [5.41, 5.74) is 1.75. The molecule has 0 spiro atoms. The van der Waals surface area contributed by atoms with Crippen LogP contribution in [-0.2, 0) is 0 Å². The van der Waals surface area contributed by atoms with E-state index in [0.29, 0.717) is 11.4 Å². The van der Waals surface area contributed by atoms with Crippen LogP contribution < -0.4 is 10.6 Å². The Hall–Kier alpha value is -1.72. The van der Waals surface area contributed by atoms with Gasteiger partial charge in [0.2, 0.25) is 0 Å². The molecule has 0 aliphatic carbocycles. The van der Waals surface area contributed by atoms with Gasteiger partial charge in [-0.05, 0) is 13.5 Å². The number of carbonyl (C=O) groups excluding carboxylic acids is 1. The molecule has 2 aromatic rings. The van der Waals surface area contributed by atoms with Crippen molar-refractivity contribution in [2.24, 2.45) is 0 Å². The van der Waals surface area contributed by atoms with Crippen LogP contribution in [0.5, 0.6) is 0 Å². The highest BCUT2D eigenvalue weighted by molar-refractivity contribution is 7.14. The minimum atomic E-state index is -0.0487. The molecule has 1 aromatic carbocycles. The van der Waals surface area contributed by atoms with E-state index in [-0.39, 0.29) is 5.91 Å². The quantitative estimate of drug-likeness (QED) is 0.803. The summed E-state index contributed by atoms with van der Waals surface area (Å²) in [4.78, 5) is 17.4. The summed E-state index contributed by atoms with van der Waals surface area (Å²) in [6, 6.07) is 9.82. The van der Waals surface area contributed by atoms with E-state index in [4.69, 9.17) is 0 Å². The van der Waals surface area contributed by atoms with E-state index in [1.54, 1.807) is 0 Å². The van der Waals surface area contributed by atoms with E-state index in [9.17, 15) is 4.79 Å². The van der Waals surface area contributed by atoms with Crippen molar-refractivity contribution in [2.75, 3.05) is 19.6 Å². The van der Waals surface area contributed by atoms with Gasteiger partial charge in [-0.25, -0.2) is 4.98 Å². The SMILES string of the molecule is CCNCCNC(=O)c1sc(C)nc1-c1ccccc1. The maximum Gasteiger partial charge on any atom is 0.263 e. The number of nitrogens with one attached hydrogen (secondary N) is 2. The van der Waals surface area contributed by atoms with Crippen molar-refractivity contribution in [1.82, 2.24) is 15.6 Å². The second-order valence-electron chi connectivity index (χ2n) is 4.39. The summed E-state index contributed by atoms with van der Waals surface area (Å²) in [7, 11) is 0. The van der Waals surface area contributed by atoms with Crippen LogP contribution in [0, 0.1) is 6.92 Å². The number of hydrogen-bond donors (Lipinski definition) is 2. The summed E-state index contributed by atoms with van der Waals surface area (Å²) < 4.78 is 0. The second-order valence-corrected chi connectivity index (χ2v) is 5.59. The Balaban J connectivity index is 2.14. The fraction of sp³-hybridized carbons (Fsp3) is 0.333. The van der Waals surface area contributed by atoms with Crippen LogP contribution in [0.1, 0.15) is 21.6 Å². The van der Waals surface area contributed by atoms with Crippen LogP contribution in [0.25, 0.3) is 11.3 Å². The molecule has 0 aliphatic heterocycles. The Morgan fingerprint density at radius 3 is 2.70 bits per heavy atom. The third kappa shape index (κ3) is 3.65. The van der Waals surface area contributed by atoms with Crippen LogP contribution >= 0.6 is 11.3 Å². The van der Waals surface area contributed by atoms with E-state index in [0.717, 1.165) is 29.4 Å². The fourth-order valence-electron chi connectivity index (χ4n) is 1.89. The number of thiazole rings is 1. The summed E-state index contributed by atoms with van der Waals surface area (Å²) >= 11 is 1.44. The highest BCUT2D eigenvalue weighted by atomic mass is 32.1. The lowest BCUT2D eigenvalue weighted by Gasteiger charge is -2.05. The number of aryl methyl sites for hydroxylation is 1. The number of amides is 1. The molecular weight excluding hydrogens is 270 g/mol. The first-order valence-electron chi connectivity index (χ1n) is 6.74. The number of benzene rings is 1. The predicted octanol–water partition coefficient (Wildman–Crippen LogP) is 2.46. The molecule has 4 nitrogen and oxygen atoms in total. The van der Waals surface area contributed by atoms with Crippen molar-refractivity contribution in [3.8, 4) is 11.3 Å². The molecule has 0 atom stereocenters. The first-order valence-corrected chi connectivity index (χ1v) is 7.55. The van der Waals surface area contributed by atoms with Crippen LogP contribution in [0.4, 0.5) is 0 Å². The highest BCUT2D eigenvalue weighted by Crippen LogP contribution is 2.27. The Kier molecular flexibility index (Phi) is 5.26. The maximum absolute atomic E-state index is 12.2. The van der Waals surface area contributed by atoms with Crippen molar-refractivity contribution in [3.63, 3.8) is 0 Å². The molecule has 0 saturated carbocycles. The second kappa shape index (κ2) is 7.17. The number of rotatable bonds is 6. The average Bonchev–Trinajstić information content (AvgIpc) is 2.86. The molecule has 1 aromatic heterocycles. The summed E-state index contributed by atoms with van der Waals surface area (Å²) in [5, 5.41) is 7.01. The van der Waals surface area contributed by atoms with Crippen LogP contribution in [0.15, 0.2) is 30.3 Å². The largest absolute Gasteiger partial charge is 0.350 e. The Bertz CT molecular complexity index is 566. The van der Waals surface area contributed by atoms with Crippen molar-refractivity contribution in [2.45, 2.75) is 13.8 Å². The van der Waals surface area contributed by atoms with Gasteiger partial charge in [0.15, 0.2) is 0 Å². The zero-order valence-electron chi connectivity index (χ0n) is 11.8. The smallest absolute Gasteiger partial charge is 0.263 e. The van der Waals surface area contributed by atoms with Gasteiger partial charge in [0.25, 0.3) is 5.91 Å². The van der Waals surface area contributed by atoms with Gasteiger partial charge in [-0.15, -0.1) is 11.3 Å². The van der Waals surface area contributed by atoms with Gasteiger partial charge in [-0.1, -0.05) is 37.3 Å². The molecule has 5 heteroatoms. The fourth-order valence-corrected chi connectivity index (χ4v) is 2.75. The minimum absolute atomic E-state index is 0.0487. The summed E-state index contributed by atoms with van der Waals surface area (Å²) in [5.74, 6) is -0.0487. The highest BCUT2D eigenvalue weighted by Gasteiger charge is 2.17. The molecule has 0 aliphatic rings. The number of nitrogens with zero attached hydrogens (tertiary/aromatic N) is 1. The minimum Gasteiger partial charge on any atom is -0.350 e. The number of likely N-dealkylation sites (N-methyl/N-ethyl adjacent to an activating group) is 1. The molecule has 20 heavy (non-hydrogen) atoms. The Labute approximate surface area is 123 Å². The molecule has 0 fully saturated rings. The zero-order valence-corrected chi connectivity index (χ0v) is 12.6.